The fourth-order valence-corrected chi connectivity index (χ4v) is 2.87. The molecule has 2 heterocycles. The fourth-order valence-electron chi connectivity index (χ4n) is 2.87. The number of carbonyl (C=O) groups excluding carboxylic acids is 1. The molecule has 2 aliphatic heterocycles. The van der Waals surface area contributed by atoms with Crippen LogP contribution in [-0.2, 0) is 9.53 Å². The molecule has 1 saturated heterocycles. The van der Waals surface area contributed by atoms with Crippen LogP contribution in [0.15, 0.2) is 24.3 Å². The van der Waals surface area contributed by atoms with Crippen LogP contribution in [0.1, 0.15) is 12.8 Å². The van der Waals surface area contributed by atoms with Crippen molar-refractivity contribution in [1.82, 2.24) is 4.90 Å². The molecule has 0 saturated carbocycles. The second-order valence-electron chi connectivity index (χ2n) is 5.95. The summed E-state index contributed by atoms with van der Waals surface area (Å²) >= 11 is 0. The number of nitrogens with two attached hydrogens (primary N) is 1. The molecule has 0 bridgehead atoms. The Bertz CT molecular complexity index is 543. The molecule has 1 fully saturated rings. The molecule has 0 aliphatic carbocycles. The predicted molar refractivity (Wildman–Crippen MR) is 81.0 cm³/mol. The number of rotatable bonds is 3. The lowest BCUT2D eigenvalue weighted by Crippen LogP contribution is -2.58. The number of hydrogen-bond acceptors (Lipinski definition) is 5. The second kappa shape index (κ2) is 6.14. The Hall–Kier alpha value is -1.79. The van der Waals surface area contributed by atoms with E-state index in [1.165, 1.54) is 0 Å². The number of benzene rings is 1. The van der Waals surface area contributed by atoms with Gasteiger partial charge in [-0.2, -0.15) is 0 Å². The first-order valence-corrected chi connectivity index (χ1v) is 7.59. The summed E-state index contributed by atoms with van der Waals surface area (Å²) in [4.78, 5) is 14.2. The number of fused-ring (bicyclic) bond motifs is 1. The molecule has 6 heteroatoms. The highest BCUT2D eigenvalue weighted by molar-refractivity contribution is 5.86. The number of likely N-dealkylation sites (N-methyl/N-ethyl adjacent to an activating group) is 1. The molecule has 1 unspecified atom stereocenters. The zero-order chi connectivity index (χ0) is 15.6. The van der Waals surface area contributed by atoms with Crippen LogP contribution in [0.5, 0.6) is 11.5 Å². The smallest absolute Gasteiger partial charge is 0.242 e. The zero-order valence-corrected chi connectivity index (χ0v) is 12.8. The summed E-state index contributed by atoms with van der Waals surface area (Å²) < 4.78 is 16.9. The van der Waals surface area contributed by atoms with E-state index in [4.69, 9.17) is 19.9 Å². The molecule has 0 radical (unpaired) electrons. The lowest BCUT2D eigenvalue weighted by Gasteiger charge is -2.37. The Balaban J connectivity index is 1.60. The molecule has 0 aromatic heterocycles. The minimum atomic E-state index is -0.819. The molecule has 0 spiro atoms. The molecule has 2 N–H and O–H groups in total. The van der Waals surface area contributed by atoms with Gasteiger partial charge in [-0.15, -0.1) is 0 Å². The van der Waals surface area contributed by atoms with Crippen LogP contribution in [0.25, 0.3) is 0 Å². The van der Waals surface area contributed by atoms with Crippen LogP contribution in [-0.4, -0.2) is 55.9 Å². The molecule has 1 amide bonds. The van der Waals surface area contributed by atoms with Crippen molar-refractivity contribution >= 4 is 5.91 Å². The minimum absolute atomic E-state index is 0.0572. The van der Waals surface area contributed by atoms with Crippen LogP contribution in [0.2, 0.25) is 0 Å². The van der Waals surface area contributed by atoms with Crippen LogP contribution < -0.4 is 15.2 Å². The van der Waals surface area contributed by atoms with Crippen molar-refractivity contribution < 1.29 is 19.0 Å². The van der Waals surface area contributed by atoms with Crippen LogP contribution in [0.4, 0.5) is 0 Å². The van der Waals surface area contributed by atoms with Gasteiger partial charge in [0.2, 0.25) is 5.91 Å². The van der Waals surface area contributed by atoms with Gasteiger partial charge in [0.05, 0.1) is 12.1 Å². The minimum Gasteiger partial charge on any atom is -0.486 e. The Morgan fingerprint density at radius 1 is 1.32 bits per heavy atom. The average molecular weight is 306 g/mol. The van der Waals surface area contributed by atoms with Gasteiger partial charge in [-0.3, -0.25) is 4.79 Å². The van der Waals surface area contributed by atoms with Crippen molar-refractivity contribution in [3.05, 3.63) is 24.3 Å². The van der Waals surface area contributed by atoms with E-state index in [2.05, 4.69) is 0 Å². The maximum absolute atomic E-state index is 12.6. The zero-order valence-electron chi connectivity index (χ0n) is 12.8. The molecular weight excluding hydrogens is 284 g/mol. The molecule has 1 atom stereocenters. The molecule has 6 nitrogen and oxygen atoms in total. The van der Waals surface area contributed by atoms with Gasteiger partial charge >= 0.3 is 0 Å². The summed E-state index contributed by atoms with van der Waals surface area (Å²) in [7, 11) is 1.76. The van der Waals surface area contributed by atoms with Crippen molar-refractivity contribution in [2.24, 2.45) is 5.73 Å². The topological polar surface area (TPSA) is 74.0 Å². The van der Waals surface area contributed by atoms with E-state index in [1.807, 2.05) is 24.3 Å². The van der Waals surface area contributed by atoms with E-state index in [9.17, 15) is 4.79 Å². The summed E-state index contributed by atoms with van der Waals surface area (Å²) in [5.74, 6) is 1.40. The molecule has 1 aromatic carbocycles. The summed E-state index contributed by atoms with van der Waals surface area (Å²) in [6.45, 7) is 1.95. The third-order valence-electron chi connectivity index (χ3n) is 4.20. The molecule has 120 valence electrons. The van der Waals surface area contributed by atoms with E-state index in [0.29, 0.717) is 45.0 Å². The second-order valence-corrected chi connectivity index (χ2v) is 5.95. The van der Waals surface area contributed by atoms with Crippen molar-refractivity contribution in [1.29, 1.82) is 0 Å². The standard InChI is InChI=1S/C16H22N2O4/c1-18(15(19)16(17)6-8-20-9-7-16)10-12-11-21-13-4-2-3-5-14(13)22-12/h2-5,12H,6-11,17H2,1H3. The third-order valence-corrected chi connectivity index (χ3v) is 4.20. The van der Waals surface area contributed by atoms with Crippen molar-refractivity contribution in [3.63, 3.8) is 0 Å². The van der Waals surface area contributed by atoms with Gasteiger partial charge in [0, 0.05) is 20.3 Å². The Labute approximate surface area is 130 Å². The molecular formula is C16H22N2O4. The summed E-state index contributed by atoms with van der Waals surface area (Å²) in [5, 5.41) is 0. The molecule has 3 rings (SSSR count). The highest BCUT2D eigenvalue weighted by Crippen LogP contribution is 2.31. The summed E-state index contributed by atoms with van der Waals surface area (Å²) in [6.07, 6.45) is 0.925. The van der Waals surface area contributed by atoms with Crippen LogP contribution in [0, 0.1) is 0 Å². The van der Waals surface area contributed by atoms with Gasteiger partial charge in [0.1, 0.15) is 6.61 Å². The van der Waals surface area contributed by atoms with Gasteiger partial charge in [0.15, 0.2) is 17.6 Å². The van der Waals surface area contributed by atoms with E-state index in [1.54, 1.807) is 11.9 Å². The first-order valence-electron chi connectivity index (χ1n) is 7.59. The molecule has 22 heavy (non-hydrogen) atoms. The molecule has 1 aromatic rings. The Morgan fingerprint density at radius 2 is 2.00 bits per heavy atom. The number of nitrogens with zero attached hydrogens (tertiary/aromatic N) is 1. The quantitative estimate of drug-likeness (QED) is 0.894. The largest absolute Gasteiger partial charge is 0.486 e. The van der Waals surface area contributed by atoms with Crippen molar-refractivity contribution in [2.45, 2.75) is 24.5 Å². The fraction of sp³-hybridized carbons (Fsp3) is 0.562. The Morgan fingerprint density at radius 3 is 2.73 bits per heavy atom. The maximum Gasteiger partial charge on any atom is 0.242 e. The lowest BCUT2D eigenvalue weighted by atomic mass is 9.90. The average Bonchev–Trinajstić information content (AvgIpc) is 2.54. The van der Waals surface area contributed by atoms with Gasteiger partial charge in [-0.05, 0) is 25.0 Å². The summed E-state index contributed by atoms with van der Waals surface area (Å²) in [6, 6.07) is 7.54. The predicted octanol–water partition coefficient (Wildman–Crippen LogP) is 0.793. The number of para-hydroxylation sites is 2. The normalized spacial score (nSPS) is 22.9. The lowest BCUT2D eigenvalue weighted by molar-refractivity contribution is -0.140. The van der Waals surface area contributed by atoms with Crippen molar-refractivity contribution in [2.75, 3.05) is 33.4 Å². The molecule has 2 aliphatic rings. The van der Waals surface area contributed by atoms with Gasteiger partial charge < -0.3 is 24.8 Å². The first kappa shape index (κ1) is 15.1. The Kier molecular flexibility index (Phi) is 4.22. The van der Waals surface area contributed by atoms with E-state index < -0.39 is 5.54 Å². The van der Waals surface area contributed by atoms with Crippen molar-refractivity contribution in [3.8, 4) is 11.5 Å². The number of carbonyl (C=O) groups is 1. The third kappa shape index (κ3) is 3.03. The number of amides is 1. The van der Waals surface area contributed by atoms with Gasteiger partial charge in [-0.1, -0.05) is 12.1 Å². The number of ether oxygens (including phenoxy) is 3. The van der Waals surface area contributed by atoms with Crippen LogP contribution >= 0.6 is 0 Å². The van der Waals surface area contributed by atoms with Gasteiger partial charge in [-0.25, -0.2) is 0 Å². The van der Waals surface area contributed by atoms with Crippen LogP contribution in [0.3, 0.4) is 0 Å². The van der Waals surface area contributed by atoms with E-state index in [0.717, 1.165) is 5.75 Å². The van der Waals surface area contributed by atoms with E-state index >= 15 is 0 Å². The summed E-state index contributed by atoms with van der Waals surface area (Å²) in [5.41, 5.74) is 5.42. The number of hydrogen-bond donors (Lipinski definition) is 1. The SMILES string of the molecule is CN(CC1COc2ccccc2O1)C(=O)C1(N)CCOCC1. The maximum atomic E-state index is 12.6. The van der Waals surface area contributed by atoms with E-state index in [-0.39, 0.29) is 12.0 Å². The monoisotopic (exact) mass is 306 g/mol. The van der Waals surface area contributed by atoms with Gasteiger partial charge in [0.25, 0.3) is 0 Å². The first-order chi connectivity index (χ1) is 10.6. The highest BCUT2D eigenvalue weighted by Gasteiger charge is 2.38. The highest BCUT2D eigenvalue weighted by atomic mass is 16.6.